The van der Waals surface area contributed by atoms with E-state index in [1.54, 1.807) is 16.7 Å². The van der Waals surface area contributed by atoms with E-state index >= 15 is 0 Å². The van der Waals surface area contributed by atoms with E-state index in [1.165, 1.54) is 22.5 Å². The molecule has 164 valence electrons. The Bertz CT molecular complexity index is 1120. The van der Waals surface area contributed by atoms with E-state index in [1.807, 2.05) is 36.4 Å². The van der Waals surface area contributed by atoms with Crippen molar-refractivity contribution in [2.45, 2.75) is 33.0 Å². The van der Waals surface area contributed by atoms with Gasteiger partial charge in [0.25, 0.3) is 5.56 Å². The summed E-state index contributed by atoms with van der Waals surface area (Å²) in [6, 6.07) is 9.67. The van der Waals surface area contributed by atoms with Crippen molar-refractivity contribution < 1.29 is 4.79 Å². The SMILES string of the molecule is Cc1ccccc1CN(C)C(=O)C(C)N1CCN(Cc2cc(=O)n3ccsc3n2)CC1. The van der Waals surface area contributed by atoms with E-state index in [0.717, 1.165) is 36.8 Å². The molecule has 7 nitrogen and oxygen atoms in total. The number of aryl methyl sites for hydroxylation is 1. The molecule has 1 atom stereocenters. The molecule has 3 heterocycles. The molecule has 1 saturated heterocycles. The number of aromatic nitrogens is 2. The highest BCUT2D eigenvalue weighted by Gasteiger charge is 2.27. The summed E-state index contributed by atoms with van der Waals surface area (Å²) in [4.78, 5) is 36.9. The van der Waals surface area contributed by atoms with Crippen LogP contribution in [0.5, 0.6) is 0 Å². The van der Waals surface area contributed by atoms with Crippen LogP contribution >= 0.6 is 11.3 Å². The van der Waals surface area contributed by atoms with Crippen LogP contribution < -0.4 is 5.56 Å². The fourth-order valence-corrected chi connectivity index (χ4v) is 4.84. The number of fused-ring (bicyclic) bond motifs is 1. The summed E-state index contributed by atoms with van der Waals surface area (Å²) < 4.78 is 1.58. The Hall–Kier alpha value is -2.55. The first-order chi connectivity index (χ1) is 14.9. The molecular formula is C23H29N5O2S. The van der Waals surface area contributed by atoms with Crippen molar-refractivity contribution in [2.24, 2.45) is 0 Å². The van der Waals surface area contributed by atoms with Crippen molar-refractivity contribution in [1.82, 2.24) is 24.1 Å². The minimum atomic E-state index is -0.151. The van der Waals surface area contributed by atoms with Crippen LogP contribution in [0.15, 0.2) is 46.7 Å². The van der Waals surface area contributed by atoms with Crippen LogP contribution in [-0.2, 0) is 17.9 Å². The predicted octanol–water partition coefficient (Wildman–Crippen LogP) is 2.23. The molecule has 0 spiro atoms. The second-order valence-corrected chi connectivity index (χ2v) is 9.12. The number of piperazine rings is 1. The number of benzene rings is 1. The van der Waals surface area contributed by atoms with E-state index < -0.39 is 0 Å². The molecule has 4 rings (SSSR count). The molecule has 1 aliphatic rings. The molecule has 0 radical (unpaired) electrons. The zero-order chi connectivity index (χ0) is 22.0. The zero-order valence-electron chi connectivity index (χ0n) is 18.3. The van der Waals surface area contributed by atoms with Crippen LogP contribution in [0.1, 0.15) is 23.7 Å². The summed E-state index contributed by atoms with van der Waals surface area (Å²) in [5.41, 5.74) is 3.16. The molecule has 31 heavy (non-hydrogen) atoms. The first-order valence-corrected chi connectivity index (χ1v) is 11.5. The summed E-state index contributed by atoms with van der Waals surface area (Å²) >= 11 is 1.47. The van der Waals surface area contributed by atoms with Gasteiger partial charge in [0.2, 0.25) is 5.91 Å². The third-order valence-electron chi connectivity index (χ3n) is 6.10. The van der Waals surface area contributed by atoms with Gasteiger partial charge >= 0.3 is 0 Å². The lowest BCUT2D eigenvalue weighted by molar-refractivity contribution is -0.136. The number of hydrogen-bond donors (Lipinski definition) is 0. The summed E-state index contributed by atoms with van der Waals surface area (Å²) in [5.74, 6) is 0.148. The number of rotatable bonds is 6. The summed E-state index contributed by atoms with van der Waals surface area (Å²) in [5, 5.41) is 1.88. The second-order valence-electron chi connectivity index (χ2n) is 8.25. The Balaban J connectivity index is 1.31. The fourth-order valence-electron chi connectivity index (χ4n) is 4.10. The molecule has 0 aliphatic carbocycles. The number of amides is 1. The normalized spacial score (nSPS) is 16.5. The number of carbonyl (C=O) groups excluding carboxylic acids is 1. The number of hydrogen-bond acceptors (Lipinski definition) is 6. The fraction of sp³-hybridized carbons (Fsp3) is 0.435. The van der Waals surface area contributed by atoms with Crippen molar-refractivity contribution in [1.29, 1.82) is 0 Å². The van der Waals surface area contributed by atoms with E-state index in [4.69, 9.17) is 0 Å². The first-order valence-electron chi connectivity index (χ1n) is 10.6. The highest BCUT2D eigenvalue weighted by atomic mass is 32.1. The van der Waals surface area contributed by atoms with Gasteiger partial charge in [-0.05, 0) is 25.0 Å². The maximum absolute atomic E-state index is 13.0. The molecule has 0 saturated carbocycles. The lowest BCUT2D eigenvalue weighted by atomic mass is 10.1. The van der Waals surface area contributed by atoms with E-state index in [9.17, 15) is 9.59 Å². The van der Waals surface area contributed by atoms with Crippen LogP contribution in [0.25, 0.3) is 4.96 Å². The quantitative estimate of drug-likeness (QED) is 0.590. The third-order valence-corrected chi connectivity index (χ3v) is 6.86. The van der Waals surface area contributed by atoms with Gasteiger partial charge in [0.15, 0.2) is 4.96 Å². The third kappa shape index (κ3) is 4.87. The Labute approximate surface area is 186 Å². The average Bonchev–Trinajstić information content (AvgIpc) is 3.24. The molecular weight excluding hydrogens is 410 g/mol. The maximum Gasteiger partial charge on any atom is 0.258 e. The predicted molar refractivity (Wildman–Crippen MR) is 123 cm³/mol. The lowest BCUT2D eigenvalue weighted by Gasteiger charge is -2.38. The smallest absolute Gasteiger partial charge is 0.258 e. The first kappa shape index (κ1) is 21.7. The lowest BCUT2D eigenvalue weighted by Crippen LogP contribution is -2.53. The Morgan fingerprint density at radius 2 is 1.97 bits per heavy atom. The zero-order valence-corrected chi connectivity index (χ0v) is 19.1. The van der Waals surface area contributed by atoms with Crippen LogP contribution in [-0.4, -0.2) is 69.3 Å². The van der Waals surface area contributed by atoms with Crippen molar-refractivity contribution in [2.75, 3.05) is 33.2 Å². The molecule has 0 N–H and O–H groups in total. The van der Waals surface area contributed by atoms with Gasteiger partial charge in [-0.25, -0.2) is 4.98 Å². The largest absolute Gasteiger partial charge is 0.340 e. The summed E-state index contributed by atoms with van der Waals surface area (Å²) in [6.45, 7) is 8.72. The van der Waals surface area contributed by atoms with Crippen molar-refractivity contribution >= 4 is 22.2 Å². The molecule has 1 unspecified atom stereocenters. The highest BCUT2D eigenvalue weighted by Crippen LogP contribution is 2.15. The Kier molecular flexibility index (Phi) is 6.50. The van der Waals surface area contributed by atoms with Gasteiger partial charge in [-0.1, -0.05) is 24.3 Å². The molecule has 1 amide bonds. The van der Waals surface area contributed by atoms with Crippen LogP contribution in [0, 0.1) is 6.92 Å². The van der Waals surface area contributed by atoms with Crippen molar-refractivity contribution in [3.8, 4) is 0 Å². The molecule has 3 aromatic rings. The van der Waals surface area contributed by atoms with Gasteiger partial charge in [-0.3, -0.25) is 23.8 Å². The van der Waals surface area contributed by atoms with Gasteiger partial charge in [0.1, 0.15) is 0 Å². The minimum absolute atomic E-state index is 0.0317. The average molecular weight is 440 g/mol. The number of carbonyl (C=O) groups is 1. The van der Waals surface area contributed by atoms with E-state index in [2.05, 4.69) is 33.8 Å². The van der Waals surface area contributed by atoms with Gasteiger partial charge in [0, 0.05) is 64.0 Å². The van der Waals surface area contributed by atoms with Crippen molar-refractivity contribution in [3.63, 3.8) is 0 Å². The van der Waals surface area contributed by atoms with Gasteiger partial charge in [0.05, 0.1) is 11.7 Å². The molecule has 0 bridgehead atoms. The Morgan fingerprint density at radius 1 is 1.23 bits per heavy atom. The topological polar surface area (TPSA) is 61.2 Å². The summed E-state index contributed by atoms with van der Waals surface area (Å²) in [6.07, 6.45) is 1.76. The molecule has 8 heteroatoms. The number of likely N-dealkylation sites (N-methyl/N-ethyl adjacent to an activating group) is 1. The molecule has 2 aromatic heterocycles. The van der Waals surface area contributed by atoms with Gasteiger partial charge in [-0.15, -0.1) is 11.3 Å². The molecule has 1 aliphatic heterocycles. The monoisotopic (exact) mass is 439 g/mol. The maximum atomic E-state index is 13.0. The Morgan fingerprint density at radius 3 is 2.71 bits per heavy atom. The molecule has 1 fully saturated rings. The standard InChI is InChI=1S/C23H29N5O2S/c1-17-6-4-5-7-19(17)15-25(3)22(30)18(2)27-10-8-26(9-11-27)16-20-14-21(29)28-12-13-31-23(28)24-20/h4-7,12-14,18H,8-11,15-16H2,1-3H3. The summed E-state index contributed by atoms with van der Waals surface area (Å²) in [7, 11) is 1.88. The van der Waals surface area contributed by atoms with Crippen molar-refractivity contribution in [3.05, 3.63) is 69.1 Å². The van der Waals surface area contributed by atoms with Crippen LogP contribution in [0.4, 0.5) is 0 Å². The number of thiazole rings is 1. The van der Waals surface area contributed by atoms with E-state index in [-0.39, 0.29) is 17.5 Å². The molecule has 1 aromatic carbocycles. The van der Waals surface area contributed by atoms with E-state index in [0.29, 0.717) is 13.1 Å². The van der Waals surface area contributed by atoms with Crippen LogP contribution in [0.2, 0.25) is 0 Å². The van der Waals surface area contributed by atoms with Crippen LogP contribution in [0.3, 0.4) is 0 Å². The second kappa shape index (κ2) is 9.30. The number of nitrogens with zero attached hydrogens (tertiary/aromatic N) is 5. The minimum Gasteiger partial charge on any atom is -0.340 e. The van der Waals surface area contributed by atoms with Gasteiger partial charge < -0.3 is 4.90 Å². The highest BCUT2D eigenvalue weighted by molar-refractivity contribution is 7.15. The van der Waals surface area contributed by atoms with Gasteiger partial charge in [-0.2, -0.15) is 0 Å².